The van der Waals surface area contributed by atoms with Crippen LogP contribution in [0.5, 0.6) is 0 Å². The Morgan fingerprint density at radius 2 is 2.28 bits per heavy atom. The van der Waals surface area contributed by atoms with Crippen LogP contribution in [-0.2, 0) is 11.3 Å². The van der Waals surface area contributed by atoms with Crippen molar-refractivity contribution in [1.29, 1.82) is 0 Å². The first kappa shape index (κ1) is 22.2. The molecule has 1 aromatic heterocycles. The van der Waals surface area contributed by atoms with E-state index in [0.717, 1.165) is 44.3 Å². The molecule has 2 rings (SSSR count). The Morgan fingerprint density at radius 1 is 1.40 bits per heavy atom. The molecule has 7 heteroatoms. The molecule has 0 radical (unpaired) electrons. The van der Waals surface area contributed by atoms with Crippen LogP contribution in [0.2, 0.25) is 0 Å². The third-order valence-corrected chi connectivity index (χ3v) is 4.25. The number of guanidine groups is 1. The molecule has 1 fully saturated rings. The largest absolute Gasteiger partial charge is 0.467 e. The van der Waals surface area contributed by atoms with Gasteiger partial charge in [0.05, 0.1) is 6.26 Å². The summed E-state index contributed by atoms with van der Waals surface area (Å²) in [6.45, 7) is 11.8. The Morgan fingerprint density at radius 3 is 2.96 bits per heavy atom. The summed E-state index contributed by atoms with van der Waals surface area (Å²) < 4.78 is 10.8. The minimum Gasteiger partial charge on any atom is -0.467 e. The van der Waals surface area contributed by atoms with Gasteiger partial charge in [0, 0.05) is 32.8 Å². The van der Waals surface area contributed by atoms with Gasteiger partial charge in [0.1, 0.15) is 12.4 Å². The maximum absolute atomic E-state index is 5.59. The highest BCUT2D eigenvalue weighted by molar-refractivity contribution is 14.0. The summed E-state index contributed by atoms with van der Waals surface area (Å²) in [6.07, 6.45) is 3.87. The van der Waals surface area contributed by atoms with Crippen LogP contribution >= 0.6 is 24.0 Å². The Labute approximate surface area is 168 Å². The third kappa shape index (κ3) is 8.91. The second-order valence-electron chi connectivity index (χ2n) is 6.18. The van der Waals surface area contributed by atoms with E-state index in [9.17, 15) is 0 Å². The monoisotopic (exact) mass is 464 g/mol. The second-order valence-corrected chi connectivity index (χ2v) is 6.18. The van der Waals surface area contributed by atoms with Crippen molar-refractivity contribution >= 4 is 29.9 Å². The molecule has 2 N–H and O–H groups in total. The summed E-state index contributed by atoms with van der Waals surface area (Å²) in [5, 5.41) is 6.70. The second kappa shape index (κ2) is 13.4. The molecular formula is C18H33IN4O2. The van der Waals surface area contributed by atoms with Gasteiger partial charge < -0.3 is 24.7 Å². The fourth-order valence-corrected chi connectivity index (χ4v) is 2.86. The van der Waals surface area contributed by atoms with Crippen molar-refractivity contribution in [2.24, 2.45) is 10.9 Å². The molecule has 1 aliphatic rings. The highest BCUT2D eigenvalue weighted by atomic mass is 127. The molecule has 25 heavy (non-hydrogen) atoms. The predicted octanol–water partition coefficient (Wildman–Crippen LogP) is 2.70. The minimum absolute atomic E-state index is 0. The van der Waals surface area contributed by atoms with E-state index in [2.05, 4.69) is 29.4 Å². The van der Waals surface area contributed by atoms with Crippen LogP contribution in [0.25, 0.3) is 0 Å². The SMILES string of the molecule is CCNC(=NCC1CCN(CC)C1)NCCCOCc1ccco1.I. The van der Waals surface area contributed by atoms with Crippen molar-refractivity contribution in [2.75, 3.05) is 45.9 Å². The van der Waals surface area contributed by atoms with Gasteiger partial charge in [-0.2, -0.15) is 0 Å². The van der Waals surface area contributed by atoms with Crippen molar-refractivity contribution in [3.05, 3.63) is 24.2 Å². The average molecular weight is 464 g/mol. The van der Waals surface area contributed by atoms with Crippen LogP contribution in [0.1, 0.15) is 32.4 Å². The van der Waals surface area contributed by atoms with E-state index < -0.39 is 0 Å². The van der Waals surface area contributed by atoms with Gasteiger partial charge in [-0.25, -0.2) is 0 Å². The van der Waals surface area contributed by atoms with E-state index in [1.165, 1.54) is 19.5 Å². The van der Waals surface area contributed by atoms with Crippen LogP contribution in [0.4, 0.5) is 0 Å². The number of furan rings is 1. The van der Waals surface area contributed by atoms with Crippen LogP contribution in [-0.4, -0.2) is 56.7 Å². The molecule has 0 amide bonds. The van der Waals surface area contributed by atoms with Crippen molar-refractivity contribution in [2.45, 2.75) is 33.3 Å². The zero-order chi connectivity index (χ0) is 17.0. The molecule has 144 valence electrons. The first-order chi connectivity index (χ1) is 11.8. The first-order valence-corrected chi connectivity index (χ1v) is 9.16. The van der Waals surface area contributed by atoms with Crippen molar-refractivity contribution in [3.8, 4) is 0 Å². The van der Waals surface area contributed by atoms with E-state index in [1.807, 2.05) is 12.1 Å². The molecule has 0 aliphatic carbocycles. The molecule has 1 aliphatic heterocycles. The van der Waals surface area contributed by atoms with Crippen molar-refractivity contribution < 1.29 is 9.15 Å². The van der Waals surface area contributed by atoms with E-state index in [1.54, 1.807) is 6.26 Å². The first-order valence-electron chi connectivity index (χ1n) is 9.16. The number of rotatable bonds is 10. The van der Waals surface area contributed by atoms with Crippen molar-refractivity contribution in [3.63, 3.8) is 0 Å². The zero-order valence-electron chi connectivity index (χ0n) is 15.5. The number of hydrogen-bond donors (Lipinski definition) is 2. The molecule has 0 spiro atoms. The molecule has 0 bridgehead atoms. The van der Waals surface area contributed by atoms with Gasteiger partial charge in [-0.3, -0.25) is 4.99 Å². The normalized spacial score (nSPS) is 18.2. The Bertz CT molecular complexity index is 468. The number of aliphatic imine (C=N–C) groups is 1. The summed E-state index contributed by atoms with van der Waals surface area (Å²) >= 11 is 0. The van der Waals surface area contributed by atoms with Gasteiger partial charge in [0.25, 0.3) is 0 Å². The lowest BCUT2D eigenvalue weighted by Gasteiger charge is -2.14. The number of halogens is 1. The maximum atomic E-state index is 5.59. The number of nitrogens with one attached hydrogen (secondary N) is 2. The summed E-state index contributed by atoms with van der Waals surface area (Å²) in [6, 6.07) is 3.81. The smallest absolute Gasteiger partial charge is 0.191 e. The van der Waals surface area contributed by atoms with Gasteiger partial charge in [-0.1, -0.05) is 6.92 Å². The molecular weight excluding hydrogens is 431 g/mol. The van der Waals surface area contributed by atoms with Gasteiger partial charge in [0.2, 0.25) is 0 Å². The fraction of sp³-hybridized carbons (Fsp3) is 0.722. The highest BCUT2D eigenvalue weighted by Gasteiger charge is 2.20. The van der Waals surface area contributed by atoms with Crippen LogP contribution in [0.3, 0.4) is 0 Å². The molecule has 2 heterocycles. The van der Waals surface area contributed by atoms with E-state index in [4.69, 9.17) is 14.1 Å². The molecule has 1 saturated heterocycles. The maximum Gasteiger partial charge on any atom is 0.191 e. The van der Waals surface area contributed by atoms with Gasteiger partial charge in [-0.15, -0.1) is 24.0 Å². The molecule has 6 nitrogen and oxygen atoms in total. The Hall–Kier alpha value is -0.800. The van der Waals surface area contributed by atoms with Gasteiger partial charge in [0.15, 0.2) is 5.96 Å². The summed E-state index contributed by atoms with van der Waals surface area (Å²) in [7, 11) is 0. The molecule has 1 unspecified atom stereocenters. The predicted molar refractivity (Wildman–Crippen MR) is 113 cm³/mol. The number of likely N-dealkylation sites (tertiary alicyclic amines) is 1. The van der Waals surface area contributed by atoms with Gasteiger partial charge >= 0.3 is 0 Å². The van der Waals surface area contributed by atoms with E-state index in [-0.39, 0.29) is 24.0 Å². The highest BCUT2D eigenvalue weighted by Crippen LogP contribution is 2.15. The number of nitrogens with zero attached hydrogens (tertiary/aromatic N) is 2. The minimum atomic E-state index is 0. The van der Waals surface area contributed by atoms with E-state index >= 15 is 0 Å². The fourth-order valence-electron chi connectivity index (χ4n) is 2.86. The zero-order valence-corrected chi connectivity index (χ0v) is 17.8. The average Bonchev–Trinajstić information content (AvgIpc) is 3.27. The Kier molecular flexibility index (Phi) is 11.9. The van der Waals surface area contributed by atoms with Crippen LogP contribution in [0.15, 0.2) is 27.8 Å². The topological polar surface area (TPSA) is 62.0 Å². The molecule has 0 saturated carbocycles. The lowest BCUT2D eigenvalue weighted by atomic mass is 10.1. The number of hydrogen-bond acceptors (Lipinski definition) is 4. The Balaban J connectivity index is 0.00000312. The molecule has 1 atom stereocenters. The van der Waals surface area contributed by atoms with Crippen LogP contribution in [0, 0.1) is 5.92 Å². The van der Waals surface area contributed by atoms with E-state index in [0.29, 0.717) is 19.1 Å². The van der Waals surface area contributed by atoms with Crippen LogP contribution < -0.4 is 10.6 Å². The lowest BCUT2D eigenvalue weighted by Crippen LogP contribution is -2.38. The molecule has 1 aromatic rings. The summed E-state index contributed by atoms with van der Waals surface area (Å²) in [5.41, 5.74) is 0. The van der Waals surface area contributed by atoms with Crippen molar-refractivity contribution in [1.82, 2.24) is 15.5 Å². The standard InChI is InChI=1S/C18H32N4O2.HI/c1-3-19-18(21-13-16-8-10-22(4-2)14-16)20-9-6-11-23-15-17-7-5-12-24-17;/h5,7,12,16H,3-4,6,8-11,13-15H2,1-2H3,(H2,19,20,21);1H. The molecule has 0 aromatic carbocycles. The summed E-state index contributed by atoms with van der Waals surface area (Å²) in [4.78, 5) is 7.23. The summed E-state index contributed by atoms with van der Waals surface area (Å²) in [5.74, 6) is 2.48. The van der Waals surface area contributed by atoms with Gasteiger partial charge in [-0.05, 0) is 50.9 Å². The lowest BCUT2D eigenvalue weighted by molar-refractivity contribution is 0.105. The quantitative estimate of drug-likeness (QED) is 0.241. The third-order valence-electron chi connectivity index (χ3n) is 4.25. The number of ether oxygens (including phenoxy) is 1.